The molecule has 0 radical (unpaired) electrons. The minimum atomic E-state index is -0.544. The highest BCUT2D eigenvalue weighted by Crippen LogP contribution is 2.59. The van der Waals surface area contributed by atoms with E-state index in [1.54, 1.807) is 0 Å². The van der Waals surface area contributed by atoms with E-state index in [0.717, 1.165) is 11.5 Å². The van der Waals surface area contributed by atoms with Gasteiger partial charge in [-0.1, -0.05) is 110 Å². The predicted octanol–water partition coefficient (Wildman–Crippen LogP) is 9.40. The Morgan fingerprint density at radius 3 is 1.28 bits per heavy atom. The molecule has 0 saturated carbocycles. The summed E-state index contributed by atoms with van der Waals surface area (Å²) in [6.45, 7) is 7.43. The Labute approximate surface area is 228 Å². The van der Waals surface area contributed by atoms with Gasteiger partial charge in [-0.15, -0.1) is 0 Å². The third kappa shape index (κ3) is 3.35. The number of rotatable bonds is 6. The van der Waals surface area contributed by atoms with E-state index in [9.17, 15) is 0 Å². The van der Waals surface area contributed by atoms with Crippen LogP contribution >= 0.6 is 0 Å². The molecule has 0 atom stereocenters. The number of benzene rings is 6. The minimum Gasteiger partial charge on any atom is -0.466 e. The zero-order valence-electron chi connectivity index (χ0n) is 21.4. The van der Waals surface area contributed by atoms with Crippen LogP contribution in [0.4, 0.5) is 0 Å². The van der Waals surface area contributed by atoms with E-state index in [1.807, 2.05) is 24.3 Å². The maximum absolute atomic E-state index is 5.60. The number of hydrogen-bond acceptors (Lipinski definition) is 2. The van der Waals surface area contributed by atoms with Gasteiger partial charge in [0.1, 0.15) is 11.5 Å². The maximum atomic E-state index is 5.60. The SMILES string of the molecule is C=COc1ccc(C2(c3ccc(OC=C)cc3)c3ccc4ccccc4c3-c3c2ccc2ccccc32)cc1. The van der Waals surface area contributed by atoms with Crippen molar-refractivity contribution in [3.8, 4) is 22.6 Å². The van der Waals surface area contributed by atoms with Crippen molar-refractivity contribution in [1.82, 2.24) is 0 Å². The molecule has 0 spiro atoms. The fourth-order valence-electron chi connectivity index (χ4n) is 6.40. The summed E-state index contributed by atoms with van der Waals surface area (Å²) in [5.74, 6) is 1.52. The van der Waals surface area contributed by atoms with Gasteiger partial charge in [0, 0.05) is 0 Å². The summed E-state index contributed by atoms with van der Waals surface area (Å²) in [7, 11) is 0. The summed E-state index contributed by atoms with van der Waals surface area (Å²) in [6, 6.07) is 43.3. The zero-order chi connectivity index (χ0) is 26.4. The van der Waals surface area contributed by atoms with E-state index in [4.69, 9.17) is 9.47 Å². The van der Waals surface area contributed by atoms with Gasteiger partial charge >= 0.3 is 0 Å². The highest BCUT2D eigenvalue weighted by atomic mass is 16.5. The highest BCUT2D eigenvalue weighted by Gasteiger charge is 2.47. The van der Waals surface area contributed by atoms with E-state index in [2.05, 4.69) is 110 Å². The van der Waals surface area contributed by atoms with Crippen LogP contribution in [-0.2, 0) is 5.41 Å². The first kappa shape index (κ1) is 23.1. The summed E-state index contributed by atoms with van der Waals surface area (Å²) in [5.41, 5.74) is 6.90. The number of ether oxygens (including phenoxy) is 2. The first-order valence-electron chi connectivity index (χ1n) is 13.1. The Kier molecular flexibility index (Phi) is 5.35. The van der Waals surface area contributed by atoms with Gasteiger partial charge in [-0.3, -0.25) is 0 Å². The van der Waals surface area contributed by atoms with Crippen LogP contribution < -0.4 is 9.47 Å². The largest absolute Gasteiger partial charge is 0.466 e. The van der Waals surface area contributed by atoms with Crippen molar-refractivity contribution in [2.24, 2.45) is 0 Å². The van der Waals surface area contributed by atoms with E-state index < -0.39 is 5.41 Å². The van der Waals surface area contributed by atoms with Gasteiger partial charge < -0.3 is 9.47 Å². The Bertz CT molecular complexity index is 1740. The van der Waals surface area contributed by atoms with Crippen LogP contribution in [0.1, 0.15) is 22.3 Å². The van der Waals surface area contributed by atoms with Gasteiger partial charge in [0.25, 0.3) is 0 Å². The monoisotopic (exact) mass is 502 g/mol. The van der Waals surface area contributed by atoms with Crippen LogP contribution in [0, 0.1) is 0 Å². The molecule has 186 valence electrons. The summed E-state index contributed by atoms with van der Waals surface area (Å²) < 4.78 is 11.2. The predicted molar refractivity (Wildman–Crippen MR) is 160 cm³/mol. The molecule has 0 fully saturated rings. The molecule has 1 aliphatic carbocycles. The lowest BCUT2D eigenvalue weighted by Crippen LogP contribution is -2.28. The minimum absolute atomic E-state index is 0.544. The van der Waals surface area contributed by atoms with Crippen molar-refractivity contribution >= 4 is 21.5 Å². The van der Waals surface area contributed by atoms with Crippen LogP contribution in [0.15, 0.2) is 147 Å². The molecular weight excluding hydrogens is 476 g/mol. The molecule has 0 N–H and O–H groups in total. The van der Waals surface area contributed by atoms with Gasteiger partial charge in [0.2, 0.25) is 0 Å². The topological polar surface area (TPSA) is 18.5 Å². The fraction of sp³-hybridized carbons (Fsp3) is 0.0270. The van der Waals surface area contributed by atoms with Gasteiger partial charge in [-0.2, -0.15) is 0 Å². The molecular formula is C37H26O2. The van der Waals surface area contributed by atoms with Crippen molar-refractivity contribution in [2.75, 3.05) is 0 Å². The Balaban J connectivity index is 1.65. The van der Waals surface area contributed by atoms with E-state index in [-0.39, 0.29) is 0 Å². The van der Waals surface area contributed by atoms with Gasteiger partial charge in [-0.25, -0.2) is 0 Å². The van der Waals surface area contributed by atoms with Crippen LogP contribution in [0.25, 0.3) is 32.7 Å². The first-order chi connectivity index (χ1) is 19.3. The fourth-order valence-corrected chi connectivity index (χ4v) is 6.40. The van der Waals surface area contributed by atoms with Crippen LogP contribution in [0.3, 0.4) is 0 Å². The molecule has 6 aromatic rings. The molecule has 1 aliphatic rings. The van der Waals surface area contributed by atoms with Crippen molar-refractivity contribution in [1.29, 1.82) is 0 Å². The summed E-state index contributed by atoms with van der Waals surface area (Å²) in [5, 5.41) is 4.98. The molecule has 39 heavy (non-hydrogen) atoms. The van der Waals surface area contributed by atoms with E-state index in [0.29, 0.717) is 0 Å². The van der Waals surface area contributed by atoms with Crippen molar-refractivity contribution in [3.63, 3.8) is 0 Å². The highest BCUT2D eigenvalue weighted by molar-refractivity contribution is 6.12. The van der Waals surface area contributed by atoms with Gasteiger partial charge in [0.15, 0.2) is 0 Å². The number of hydrogen-bond donors (Lipinski definition) is 0. The zero-order valence-corrected chi connectivity index (χ0v) is 21.4. The Hall–Kier alpha value is -5.08. The average Bonchev–Trinajstić information content (AvgIpc) is 3.30. The standard InChI is InChI=1S/C37H26O2/c1-3-38-29-19-15-27(16-20-29)37(28-17-21-30(22-18-28)39-4-2)33-23-13-25-9-5-7-11-31(25)35(33)36-32-12-8-6-10-26(32)14-24-34(36)37/h3-24H,1-2H2. The molecule has 2 heteroatoms. The van der Waals surface area contributed by atoms with Gasteiger partial charge in [-0.05, 0) is 79.2 Å². The molecule has 7 rings (SSSR count). The van der Waals surface area contributed by atoms with Crippen molar-refractivity contribution < 1.29 is 9.47 Å². The Morgan fingerprint density at radius 2 is 0.872 bits per heavy atom. The van der Waals surface area contributed by atoms with Crippen LogP contribution in [-0.4, -0.2) is 0 Å². The number of fused-ring (bicyclic) bond motifs is 7. The molecule has 0 bridgehead atoms. The quantitative estimate of drug-likeness (QED) is 0.211. The summed E-state index contributed by atoms with van der Waals surface area (Å²) in [6.07, 6.45) is 2.92. The second-order valence-electron chi connectivity index (χ2n) is 9.79. The first-order valence-corrected chi connectivity index (χ1v) is 13.1. The average molecular weight is 503 g/mol. The third-order valence-corrected chi connectivity index (χ3v) is 7.93. The normalized spacial score (nSPS) is 13.0. The van der Waals surface area contributed by atoms with Crippen molar-refractivity contribution in [3.05, 3.63) is 169 Å². The van der Waals surface area contributed by atoms with Crippen LogP contribution in [0.5, 0.6) is 11.5 Å². The third-order valence-electron chi connectivity index (χ3n) is 7.93. The summed E-state index contributed by atoms with van der Waals surface area (Å²) in [4.78, 5) is 0. The lowest BCUT2D eigenvalue weighted by atomic mass is 9.67. The molecule has 2 nitrogen and oxygen atoms in total. The molecule has 0 amide bonds. The molecule has 6 aromatic carbocycles. The molecule has 0 heterocycles. The summed E-state index contributed by atoms with van der Waals surface area (Å²) >= 11 is 0. The van der Waals surface area contributed by atoms with Crippen LogP contribution in [0.2, 0.25) is 0 Å². The molecule has 0 aliphatic heterocycles. The Morgan fingerprint density at radius 1 is 0.462 bits per heavy atom. The van der Waals surface area contributed by atoms with Gasteiger partial charge in [0.05, 0.1) is 17.9 Å². The second kappa shape index (κ2) is 9.04. The maximum Gasteiger partial charge on any atom is 0.126 e. The second-order valence-corrected chi connectivity index (χ2v) is 9.79. The molecule has 0 aromatic heterocycles. The lowest BCUT2D eigenvalue weighted by Gasteiger charge is -2.34. The van der Waals surface area contributed by atoms with E-state index >= 15 is 0 Å². The lowest BCUT2D eigenvalue weighted by molar-refractivity contribution is 0.482. The van der Waals surface area contributed by atoms with E-state index in [1.165, 1.54) is 67.4 Å². The smallest absolute Gasteiger partial charge is 0.126 e. The van der Waals surface area contributed by atoms with Crippen molar-refractivity contribution in [2.45, 2.75) is 5.41 Å². The molecule has 0 saturated heterocycles. The molecule has 0 unspecified atom stereocenters.